The number of benzene rings is 2. The van der Waals surface area contributed by atoms with Crippen molar-refractivity contribution in [1.29, 1.82) is 0 Å². The topological polar surface area (TPSA) is 64.4 Å². The number of ether oxygens (including phenoxy) is 1. The van der Waals surface area contributed by atoms with E-state index in [1.165, 1.54) is 0 Å². The zero-order valence-electron chi connectivity index (χ0n) is 16.1. The van der Waals surface area contributed by atoms with E-state index in [1.807, 2.05) is 32.0 Å². The number of nitrogens with zero attached hydrogens (tertiary/aromatic N) is 3. The van der Waals surface area contributed by atoms with Crippen LogP contribution in [0.4, 0.5) is 0 Å². The summed E-state index contributed by atoms with van der Waals surface area (Å²) in [7, 11) is 1.68. The molecule has 146 valence electrons. The Morgan fingerprint density at radius 2 is 1.96 bits per heavy atom. The Kier molecular flexibility index (Phi) is 5.99. The monoisotopic (exact) mass is 399 g/mol. The standard InChI is InChI=1S/C21H22ClN3O3/c1-4-25-20(23-18-11-10-15(22)12-17(18)21(25)27)14(2)24(3)19(26)13-28-16-8-6-5-7-9-16/h5-12,14H,4,13H2,1-3H3. The van der Waals surface area contributed by atoms with Gasteiger partial charge in [0.2, 0.25) is 0 Å². The van der Waals surface area contributed by atoms with Crippen molar-refractivity contribution in [2.75, 3.05) is 13.7 Å². The average Bonchev–Trinajstić information content (AvgIpc) is 2.72. The summed E-state index contributed by atoms with van der Waals surface area (Å²) in [5, 5.41) is 0.951. The van der Waals surface area contributed by atoms with E-state index in [0.29, 0.717) is 34.0 Å². The van der Waals surface area contributed by atoms with E-state index >= 15 is 0 Å². The van der Waals surface area contributed by atoms with Gasteiger partial charge in [-0.1, -0.05) is 29.8 Å². The van der Waals surface area contributed by atoms with Gasteiger partial charge < -0.3 is 9.64 Å². The van der Waals surface area contributed by atoms with Gasteiger partial charge >= 0.3 is 0 Å². The SMILES string of the molecule is CCn1c(C(C)N(C)C(=O)COc2ccccc2)nc2ccc(Cl)cc2c1=O. The van der Waals surface area contributed by atoms with E-state index in [2.05, 4.69) is 4.98 Å². The Balaban J connectivity index is 1.87. The van der Waals surface area contributed by atoms with Gasteiger partial charge in [0.25, 0.3) is 11.5 Å². The Morgan fingerprint density at radius 3 is 2.64 bits per heavy atom. The van der Waals surface area contributed by atoms with Crippen molar-refractivity contribution in [3.05, 3.63) is 69.7 Å². The number of rotatable bonds is 6. The minimum Gasteiger partial charge on any atom is -0.484 e. The van der Waals surface area contributed by atoms with Crippen LogP contribution >= 0.6 is 11.6 Å². The van der Waals surface area contributed by atoms with Crippen molar-refractivity contribution in [2.45, 2.75) is 26.4 Å². The first-order valence-electron chi connectivity index (χ1n) is 9.06. The lowest BCUT2D eigenvalue weighted by Gasteiger charge is -2.26. The van der Waals surface area contributed by atoms with Crippen LogP contribution in [0.15, 0.2) is 53.3 Å². The van der Waals surface area contributed by atoms with Crippen molar-refractivity contribution in [3.63, 3.8) is 0 Å². The first-order valence-corrected chi connectivity index (χ1v) is 9.43. The van der Waals surface area contributed by atoms with E-state index in [0.717, 1.165) is 0 Å². The van der Waals surface area contributed by atoms with Crippen LogP contribution in [0.25, 0.3) is 10.9 Å². The van der Waals surface area contributed by atoms with Gasteiger partial charge in [-0.25, -0.2) is 4.98 Å². The summed E-state index contributed by atoms with van der Waals surface area (Å²) in [4.78, 5) is 31.6. The van der Waals surface area contributed by atoms with Crippen molar-refractivity contribution in [1.82, 2.24) is 14.5 Å². The molecular weight excluding hydrogens is 378 g/mol. The average molecular weight is 400 g/mol. The Morgan fingerprint density at radius 1 is 1.25 bits per heavy atom. The number of likely N-dealkylation sites (N-methyl/N-ethyl adjacent to an activating group) is 1. The number of para-hydroxylation sites is 1. The summed E-state index contributed by atoms with van der Waals surface area (Å²) < 4.78 is 7.12. The normalized spacial score (nSPS) is 12.0. The van der Waals surface area contributed by atoms with Gasteiger partial charge in [-0.2, -0.15) is 0 Å². The summed E-state index contributed by atoms with van der Waals surface area (Å²) in [5.41, 5.74) is 0.389. The number of hydrogen-bond donors (Lipinski definition) is 0. The predicted molar refractivity (Wildman–Crippen MR) is 110 cm³/mol. The quantitative estimate of drug-likeness (QED) is 0.634. The third kappa shape index (κ3) is 4.02. The molecule has 1 amide bonds. The van der Waals surface area contributed by atoms with Crippen LogP contribution in [0.3, 0.4) is 0 Å². The Hall–Kier alpha value is -2.86. The molecule has 1 aromatic heterocycles. The molecular formula is C21H22ClN3O3. The van der Waals surface area contributed by atoms with Crippen LogP contribution in [0.1, 0.15) is 25.7 Å². The van der Waals surface area contributed by atoms with Gasteiger partial charge in [-0.3, -0.25) is 14.2 Å². The summed E-state index contributed by atoms with van der Waals surface area (Å²) in [5.74, 6) is 0.949. The maximum Gasteiger partial charge on any atom is 0.261 e. The number of carbonyl (C=O) groups is 1. The van der Waals surface area contributed by atoms with E-state index in [-0.39, 0.29) is 18.1 Å². The molecule has 0 bridgehead atoms. The molecule has 0 radical (unpaired) electrons. The van der Waals surface area contributed by atoms with Crippen LogP contribution in [-0.2, 0) is 11.3 Å². The molecule has 1 atom stereocenters. The van der Waals surface area contributed by atoms with Gasteiger partial charge in [-0.05, 0) is 44.2 Å². The molecule has 0 aliphatic heterocycles. The second-order valence-corrected chi connectivity index (χ2v) is 6.90. The molecule has 1 unspecified atom stereocenters. The van der Waals surface area contributed by atoms with E-state index in [1.54, 1.807) is 46.8 Å². The molecule has 0 saturated heterocycles. The number of aromatic nitrogens is 2. The fourth-order valence-electron chi connectivity index (χ4n) is 2.99. The maximum atomic E-state index is 12.9. The van der Waals surface area contributed by atoms with Crippen LogP contribution in [0.5, 0.6) is 5.75 Å². The number of halogens is 1. The van der Waals surface area contributed by atoms with Crippen molar-refractivity contribution >= 4 is 28.4 Å². The van der Waals surface area contributed by atoms with Gasteiger partial charge in [0.1, 0.15) is 11.6 Å². The van der Waals surface area contributed by atoms with E-state index in [9.17, 15) is 9.59 Å². The predicted octanol–water partition coefficient (Wildman–Crippen LogP) is 3.67. The first-order chi connectivity index (χ1) is 13.4. The highest BCUT2D eigenvalue weighted by atomic mass is 35.5. The van der Waals surface area contributed by atoms with Gasteiger partial charge in [0, 0.05) is 18.6 Å². The van der Waals surface area contributed by atoms with Gasteiger partial charge in [0.15, 0.2) is 6.61 Å². The molecule has 7 heteroatoms. The fraction of sp³-hybridized carbons (Fsp3) is 0.286. The van der Waals surface area contributed by atoms with Crippen LogP contribution in [0, 0.1) is 0 Å². The zero-order chi connectivity index (χ0) is 20.3. The zero-order valence-corrected chi connectivity index (χ0v) is 16.8. The molecule has 0 aliphatic carbocycles. The molecule has 0 spiro atoms. The molecule has 1 heterocycles. The van der Waals surface area contributed by atoms with E-state index < -0.39 is 6.04 Å². The molecule has 6 nitrogen and oxygen atoms in total. The smallest absolute Gasteiger partial charge is 0.261 e. The largest absolute Gasteiger partial charge is 0.484 e. The molecule has 3 aromatic rings. The Bertz CT molecular complexity index is 1050. The van der Waals surface area contributed by atoms with E-state index in [4.69, 9.17) is 16.3 Å². The summed E-state index contributed by atoms with van der Waals surface area (Å²) in [6.07, 6.45) is 0. The lowest BCUT2D eigenvalue weighted by Crippen LogP contribution is -2.37. The number of amides is 1. The highest BCUT2D eigenvalue weighted by Gasteiger charge is 2.23. The van der Waals surface area contributed by atoms with Crippen LogP contribution < -0.4 is 10.3 Å². The Labute approximate surface area is 168 Å². The second-order valence-electron chi connectivity index (χ2n) is 6.46. The van der Waals surface area contributed by atoms with Crippen molar-refractivity contribution in [3.8, 4) is 5.75 Å². The molecule has 0 fully saturated rings. The lowest BCUT2D eigenvalue weighted by atomic mass is 10.2. The van der Waals surface area contributed by atoms with Crippen LogP contribution in [0.2, 0.25) is 5.02 Å². The molecule has 28 heavy (non-hydrogen) atoms. The van der Waals surface area contributed by atoms with Crippen LogP contribution in [-0.4, -0.2) is 34.0 Å². The van der Waals surface area contributed by atoms with Crippen molar-refractivity contribution < 1.29 is 9.53 Å². The van der Waals surface area contributed by atoms with Gasteiger partial charge in [-0.15, -0.1) is 0 Å². The molecule has 3 rings (SSSR count). The first kappa shape index (κ1) is 19.9. The lowest BCUT2D eigenvalue weighted by molar-refractivity contribution is -0.134. The molecule has 0 N–H and O–H groups in total. The highest BCUT2D eigenvalue weighted by Crippen LogP contribution is 2.21. The number of fused-ring (bicyclic) bond motifs is 1. The summed E-state index contributed by atoms with van der Waals surface area (Å²) in [6.45, 7) is 4.06. The molecule has 2 aromatic carbocycles. The maximum absolute atomic E-state index is 12.9. The fourth-order valence-corrected chi connectivity index (χ4v) is 3.16. The molecule has 0 saturated carbocycles. The summed E-state index contributed by atoms with van der Waals surface area (Å²) in [6, 6.07) is 13.8. The van der Waals surface area contributed by atoms with Gasteiger partial charge in [0.05, 0.1) is 16.9 Å². The summed E-state index contributed by atoms with van der Waals surface area (Å²) >= 11 is 6.02. The number of hydrogen-bond acceptors (Lipinski definition) is 4. The van der Waals surface area contributed by atoms with Crippen molar-refractivity contribution in [2.24, 2.45) is 0 Å². The minimum atomic E-state index is -0.403. The highest BCUT2D eigenvalue weighted by molar-refractivity contribution is 6.31. The number of carbonyl (C=O) groups excluding carboxylic acids is 1. The minimum absolute atomic E-state index is 0.0929. The second kappa shape index (κ2) is 8.44. The third-order valence-electron chi connectivity index (χ3n) is 4.72. The molecule has 0 aliphatic rings. The third-order valence-corrected chi connectivity index (χ3v) is 4.95.